The van der Waals surface area contributed by atoms with E-state index in [4.69, 9.17) is 4.99 Å². The molecule has 0 spiro atoms. The number of guanidine groups is 1. The number of amides is 1. The van der Waals surface area contributed by atoms with E-state index >= 15 is 0 Å². The lowest BCUT2D eigenvalue weighted by molar-refractivity contribution is -0.130. The van der Waals surface area contributed by atoms with Crippen LogP contribution in [0.2, 0.25) is 0 Å². The number of piperazine rings is 1. The van der Waals surface area contributed by atoms with Crippen LogP contribution in [0.4, 0.5) is 0 Å². The number of carbonyl (C=O) groups excluding carboxylic acids is 1. The molecule has 1 N–H and O–H groups in total. The van der Waals surface area contributed by atoms with Gasteiger partial charge in [-0.15, -0.1) is 24.0 Å². The fourth-order valence-electron chi connectivity index (χ4n) is 3.28. The SMILES string of the molecule is CCNC(=NCCN1CCN(C(C)=O)CC1)N1CCSC(C(C)C)C1.I. The van der Waals surface area contributed by atoms with Crippen LogP contribution in [-0.2, 0) is 4.79 Å². The Morgan fingerprint density at radius 1 is 1.19 bits per heavy atom. The lowest BCUT2D eigenvalue weighted by atomic mass is 10.1. The molecule has 1 unspecified atom stereocenters. The van der Waals surface area contributed by atoms with Crippen molar-refractivity contribution >= 4 is 47.6 Å². The molecular weight excluding hydrogens is 461 g/mol. The molecule has 0 aliphatic carbocycles. The van der Waals surface area contributed by atoms with Crippen molar-refractivity contribution < 1.29 is 4.79 Å². The van der Waals surface area contributed by atoms with Crippen molar-refractivity contribution in [1.29, 1.82) is 0 Å². The molecule has 2 aliphatic rings. The third kappa shape index (κ3) is 7.42. The van der Waals surface area contributed by atoms with Crippen molar-refractivity contribution in [3.63, 3.8) is 0 Å². The summed E-state index contributed by atoms with van der Waals surface area (Å²) in [7, 11) is 0. The molecule has 2 fully saturated rings. The van der Waals surface area contributed by atoms with E-state index in [1.54, 1.807) is 6.92 Å². The van der Waals surface area contributed by atoms with Crippen LogP contribution in [0.15, 0.2) is 4.99 Å². The molecular formula is C18H36IN5OS. The zero-order valence-electron chi connectivity index (χ0n) is 16.7. The van der Waals surface area contributed by atoms with Crippen LogP contribution in [0.5, 0.6) is 0 Å². The predicted molar refractivity (Wildman–Crippen MR) is 123 cm³/mol. The van der Waals surface area contributed by atoms with E-state index in [0.717, 1.165) is 64.9 Å². The summed E-state index contributed by atoms with van der Waals surface area (Å²) in [6.07, 6.45) is 0. The number of hydrogen-bond donors (Lipinski definition) is 1. The Hall–Kier alpha value is -0.220. The predicted octanol–water partition coefficient (Wildman–Crippen LogP) is 1.81. The first kappa shape index (κ1) is 23.8. The van der Waals surface area contributed by atoms with Crippen LogP contribution in [0.3, 0.4) is 0 Å². The topological polar surface area (TPSA) is 51.2 Å². The van der Waals surface area contributed by atoms with Gasteiger partial charge in [0.2, 0.25) is 5.91 Å². The van der Waals surface area contributed by atoms with Crippen molar-refractivity contribution in [2.75, 3.05) is 64.7 Å². The molecule has 0 radical (unpaired) electrons. The van der Waals surface area contributed by atoms with Crippen molar-refractivity contribution in [2.45, 2.75) is 32.9 Å². The molecule has 6 nitrogen and oxygen atoms in total. The molecule has 8 heteroatoms. The zero-order valence-corrected chi connectivity index (χ0v) is 19.9. The molecule has 0 bridgehead atoms. The lowest BCUT2D eigenvalue weighted by Crippen LogP contribution is -2.50. The summed E-state index contributed by atoms with van der Waals surface area (Å²) >= 11 is 2.09. The molecule has 1 amide bonds. The molecule has 0 aromatic heterocycles. The van der Waals surface area contributed by atoms with Gasteiger partial charge >= 0.3 is 0 Å². The average Bonchev–Trinajstić information content (AvgIpc) is 2.61. The van der Waals surface area contributed by atoms with E-state index in [9.17, 15) is 4.79 Å². The number of carbonyl (C=O) groups is 1. The summed E-state index contributed by atoms with van der Waals surface area (Å²) in [5.41, 5.74) is 0. The van der Waals surface area contributed by atoms with Gasteiger partial charge in [-0.1, -0.05) is 13.8 Å². The van der Waals surface area contributed by atoms with Gasteiger partial charge in [-0.25, -0.2) is 0 Å². The van der Waals surface area contributed by atoms with Gasteiger partial charge in [-0.2, -0.15) is 11.8 Å². The summed E-state index contributed by atoms with van der Waals surface area (Å²) in [6, 6.07) is 0. The molecule has 2 saturated heterocycles. The van der Waals surface area contributed by atoms with E-state index in [-0.39, 0.29) is 29.9 Å². The van der Waals surface area contributed by atoms with Gasteiger partial charge in [0, 0.05) is 70.3 Å². The Labute approximate surface area is 180 Å². The number of nitrogens with one attached hydrogen (secondary N) is 1. The van der Waals surface area contributed by atoms with Gasteiger partial charge < -0.3 is 15.1 Å². The molecule has 0 aromatic rings. The highest BCUT2D eigenvalue weighted by Crippen LogP contribution is 2.24. The van der Waals surface area contributed by atoms with Crippen LogP contribution in [0.25, 0.3) is 0 Å². The fraction of sp³-hybridized carbons (Fsp3) is 0.889. The number of hydrogen-bond acceptors (Lipinski definition) is 4. The second-order valence-corrected chi connectivity index (χ2v) is 8.53. The van der Waals surface area contributed by atoms with Gasteiger partial charge in [0.15, 0.2) is 5.96 Å². The van der Waals surface area contributed by atoms with E-state index in [1.807, 2.05) is 4.90 Å². The third-order valence-corrected chi connectivity index (χ3v) is 6.51. The van der Waals surface area contributed by atoms with Crippen LogP contribution in [0, 0.1) is 5.92 Å². The normalized spacial score (nSPS) is 22.3. The van der Waals surface area contributed by atoms with Crippen LogP contribution < -0.4 is 5.32 Å². The summed E-state index contributed by atoms with van der Waals surface area (Å²) in [6.45, 7) is 16.9. The van der Waals surface area contributed by atoms with Crippen molar-refractivity contribution in [1.82, 2.24) is 20.0 Å². The monoisotopic (exact) mass is 497 g/mol. The number of nitrogens with zero attached hydrogens (tertiary/aromatic N) is 4. The smallest absolute Gasteiger partial charge is 0.219 e. The molecule has 0 aromatic carbocycles. The zero-order chi connectivity index (χ0) is 18.2. The molecule has 152 valence electrons. The van der Waals surface area contributed by atoms with Gasteiger partial charge in [-0.3, -0.25) is 14.7 Å². The number of thioether (sulfide) groups is 1. The quantitative estimate of drug-likeness (QED) is 0.357. The fourth-order valence-corrected chi connectivity index (χ4v) is 4.58. The van der Waals surface area contributed by atoms with Crippen molar-refractivity contribution in [2.24, 2.45) is 10.9 Å². The minimum absolute atomic E-state index is 0. The summed E-state index contributed by atoms with van der Waals surface area (Å²) in [5, 5.41) is 4.16. The molecule has 2 heterocycles. The van der Waals surface area contributed by atoms with Crippen LogP contribution in [0.1, 0.15) is 27.7 Å². The average molecular weight is 497 g/mol. The molecule has 0 saturated carbocycles. The van der Waals surface area contributed by atoms with Crippen molar-refractivity contribution in [3.8, 4) is 0 Å². The van der Waals surface area contributed by atoms with Gasteiger partial charge in [0.1, 0.15) is 0 Å². The first-order valence-electron chi connectivity index (χ1n) is 9.64. The number of rotatable bonds is 5. The second-order valence-electron chi connectivity index (χ2n) is 7.18. The number of aliphatic imine (C=N–C) groups is 1. The van der Waals surface area contributed by atoms with E-state index in [1.165, 1.54) is 5.75 Å². The van der Waals surface area contributed by atoms with E-state index < -0.39 is 0 Å². The summed E-state index contributed by atoms with van der Waals surface area (Å²) < 4.78 is 0. The Balaban J connectivity index is 0.00000338. The highest BCUT2D eigenvalue weighted by atomic mass is 127. The maximum absolute atomic E-state index is 11.4. The molecule has 26 heavy (non-hydrogen) atoms. The first-order chi connectivity index (χ1) is 12.0. The first-order valence-corrected chi connectivity index (χ1v) is 10.7. The standard InChI is InChI=1S/C18H35N5OS.HI/c1-5-19-18(23-12-13-25-17(14-23)15(2)3)20-6-7-21-8-10-22(11-9-21)16(4)24;/h15,17H,5-14H2,1-4H3,(H,19,20);1H. The maximum Gasteiger partial charge on any atom is 0.219 e. The van der Waals surface area contributed by atoms with Crippen LogP contribution >= 0.6 is 35.7 Å². The largest absolute Gasteiger partial charge is 0.357 e. The van der Waals surface area contributed by atoms with Gasteiger partial charge in [0.05, 0.1) is 6.54 Å². The van der Waals surface area contributed by atoms with E-state index in [0.29, 0.717) is 11.2 Å². The highest BCUT2D eigenvalue weighted by molar-refractivity contribution is 14.0. The Morgan fingerprint density at radius 2 is 1.88 bits per heavy atom. The Morgan fingerprint density at radius 3 is 2.46 bits per heavy atom. The number of halogens is 1. The second kappa shape index (κ2) is 12.3. The van der Waals surface area contributed by atoms with E-state index in [2.05, 4.69) is 47.6 Å². The molecule has 1 atom stereocenters. The molecule has 2 aliphatic heterocycles. The maximum atomic E-state index is 11.4. The van der Waals surface area contributed by atoms with Crippen molar-refractivity contribution in [3.05, 3.63) is 0 Å². The van der Waals surface area contributed by atoms with Crippen LogP contribution in [-0.4, -0.2) is 96.5 Å². The Kier molecular flexibility index (Phi) is 11.2. The lowest BCUT2D eigenvalue weighted by Gasteiger charge is -2.36. The highest BCUT2D eigenvalue weighted by Gasteiger charge is 2.25. The molecule has 2 rings (SSSR count). The third-order valence-electron chi connectivity index (χ3n) is 4.97. The summed E-state index contributed by atoms with van der Waals surface area (Å²) in [5.74, 6) is 3.14. The minimum Gasteiger partial charge on any atom is -0.357 e. The Bertz CT molecular complexity index is 455. The van der Waals surface area contributed by atoms with Gasteiger partial charge in [-0.05, 0) is 12.8 Å². The minimum atomic E-state index is 0. The van der Waals surface area contributed by atoms with Gasteiger partial charge in [0.25, 0.3) is 0 Å². The summed E-state index contributed by atoms with van der Waals surface area (Å²) in [4.78, 5) is 23.1.